The molecule has 6 heteroatoms. The average molecular weight is 208 g/mol. The van der Waals surface area contributed by atoms with Gasteiger partial charge in [0.2, 0.25) is 0 Å². The monoisotopic (exact) mass is 208 g/mol. The highest BCUT2D eigenvalue weighted by Gasteiger charge is 1.79. The van der Waals surface area contributed by atoms with Crippen LogP contribution >= 0.6 is 0 Å². The molecule has 6 nitrogen and oxygen atoms in total. The lowest BCUT2D eigenvalue weighted by Crippen LogP contribution is -2.26. The Balaban J connectivity index is -0.000000168. The second kappa shape index (κ2) is 29.7. The van der Waals surface area contributed by atoms with Crippen molar-refractivity contribution in [3.8, 4) is 0 Å². The molecule has 0 unspecified atom stereocenters. The highest BCUT2D eigenvalue weighted by atomic mass is 16.3. The summed E-state index contributed by atoms with van der Waals surface area (Å²) in [6, 6.07) is 0. The van der Waals surface area contributed by atoms with Crippen molar-refractivity contribution in [2.24, 2.45) is 0 Å². The molecule has 14 heavy (non-hydrogen) atoms. The highest BCUT2D eigenvalue weighted by molar-refractivity contribution is 5.32. The van der Waals surface area contributed by atoms with Gasteiger partial charge in [-0.1, -0.05) is 13.8 Å². The minimum Gasteiger partial charge on any atom is -0.483 e. The molecular weight excluding hydrogens is 188 g/mol. The molecule has 0 radical (unpaired) electrons. The van der Waals surface area contributed by atoms with Crippen LogP contribution in [0.1, 0.15) is 13.8 Å². The van der Waals surface area contributed by atoms with Crippen molar-refractivity contribution in [2.75, 3.05) is 26.2 Å². The molecular formula is C8H20N2O4. The fraction of sp³-hybridized carbons (Fsp3) is 0.750. The molecule has 0 saturated heterocycles. The van der Waals surface area contributed by atoms with Crippen LogP contribution in [0.3, 0.4) is 0 Å². The zero-order chi connectivity index (χ0) is 11.7. The van der Waals surface area contributed by atoms with E-state index in [0.29, 0.717) is 0 Å². The van der Waals surface area contributed by atoms with Gasteiger partial charge in [0.15, 0.2) is 0 Å². The van der Waals surface area contributed by atoms with Gasteiger partial charge in [-0.2, -0.15) is 0 Å². The van der Waals surface area contributed by atoms with Gasteiger partial charge < -0.3 is 20.8 Å². The molecule has 0 atom stereocenters. The van der Waals surface area contributed by atoms with Crippen molar-refractivity contribution in [1.29, 1.82) is 0 Å². The first-order chi connectivity index (χ1) is 6.74. The van der Waals surface area contributed by atoms with Crippen LogP contribution in [0.5, 0.6) is 0 Å². The smallest absolute Gasteiger partial charge is 0.290 e. The van der Waals surface area contributed by atoms with Crippen molar-refractivity contribution in [2.45, 2.75) is 13.8 Å². The summed E-state index contributed by atoms with van der Waals surface area (Å²) in [5.41, 5.74) is 0. The van der Waals surface area contributed by atoms with Gasteiger partial charge in [-0.15, -0.1) is 0 Å². The number of likely N-dealkylation sites (N-methyl/N-ethyl adjacent to an activating group) is 2. The molecule has 86 valence electrons. The summed E-state index contributed by atoms with van der Waals surface area (Å²) in [7, 11) is 0. The Morgan fingerprint density at radius 1 is 0.929 bits per heavy atom. The van der Waals surface area contributed by atoms with Gasteiger partial charge in [-0.05, 0) is 13.1 Å². The SMILES string of the molecule is CCNCCNCC.O=CO.O=CO. The fourth-order valence-electron chi connectivity index (χ4n) is 0.530. The topological polar surface area (TPSA) is 98.7 Å². The van der Waals surface area contributed by atoms with E-state index in [9.17, 15) is 0 Å². The minimum absolute atomic E-state index is 0.250. The van der Waals surface area contributed by atoms with Gasteiger partial charge >= 0.3 is 0 Å². The van der Waals surface area contributed by atoms with E-state index in [-0.39, 0.29) is 12.9 Å². The first-order valence-corrected chi connectivity index (χ1v) is 4.32. The average Bonchev–Trinajstić information content (AvgIpc) is 2.15. The van der Waals surface area contributed by atoms with Gasteiger partial charge in [0, 0.05) is 13.1 Å². The summed E-state index contributed by atoms with van der Waals surface area (Å²) >= 11 is 0. The van der Waals surface area contributed by atoms with Crippen LogP contribution in [0, 0.1) is 0 Å². The molecule has 0 heterocycles. The zero-order valence-corrected chi connectivity index (χ0v) is 8.69. The Morgan fingerprint density at radius 3 is 1.29 bits per heavy atom. The predicted octanol–water partition coefficient (Wildman–Crippen LogP) is -0.393. The van der Waals surface area contributed by atoms with Crippen molar-refractivity contribution < 1.29 is 19.8 Å². The van der Waals surface area contributed by atoms with Gasteiger partial charge in [0.25, 0.3) is 12.9 Å². The summed E-state index contributed by atoms with van der Waals surface area (Å²) in [5, 5.41) is 20.2. The first kappa shape index (κ1) is 18.6. The highest BCUT2D eigenvalue weighted by Crippen LogP contribution is 1.56. The van der Waals surface area contributed by atoms with E-state index in [0.717, 1.165) is 26.2 Å². The number of rotatable bonds is 5. The second-order valence-electron chi connectivity index (χ2n) is 1.92. The Bertz CT molecular complexity index is 89.3. The quantitative estimate of drug-likeness (QED) is 0.363. The van der Waals surface area contributed by atoms with Crippen molar-refractivity contribution in [1.82, 2.24) is 10.6 Å². The van der Waals surface area contributed by atoms with Crippen LogP contribution in [0.2, 0.25) is 0 Å². The fourth-order valence-corrected chi connectivity index (χ4v) is 0.530. The van der Waals surface area contributed by atoms with Crippen LogP contribution in [0.4, 0.5) is 0 Å². The van der Waals surface area contributed by atoms with E-state index < -0.39 is 0 Å². The third-order valence-electron chi connectivity index (χ3n) is 0.979. The predicted molar refractivity (Wildman–Crippen MR) is 54.5 cm³/mol. The molecule has 4 N–H and O–H groups in total. The van der Waals surface area contributed by atoms with Crippen molar-refractivity contribution in [3.05, 3.63) is 0 Å². The van der Waals surface area contributed by atoms with Gasteiger partial charge in [0.1, 0.15) is 0 Å². The van der Waals surface area contributed by atoms with Crippen molar-refractivity contribution in [3.63, 3.8) is 0 Å². The minimum atomic E-state index is -0.250. The van der Waals surface area contributed by atoms with E-state index in [2.05, 4.69) is 24.5 Å². The molecule has 0 aromatic carbocycles. The maximum atomic E-state index is 8.36. The summed E-state index contributed by atoms with van der Waals surface area (Å²) < 4.78 is 0. The number of hydrogen-bond acceptors (Lipinski definition) is 4. The molecule has 0 rings (SSSR count). The molecule has 0 aromatic rings. The zero-order valence-electron chi connectivity index (χ0n) is 8.69. The Labute approximate surface area is 84.3 Å². The van der Waals surface area contributed by atoms with Crippen LogP contribution in [-0.2, 0) is 9.59 Å². The summed E-state index contributed by atoms with van der Waals surface area (Å²) in [4.78, 5) is 16.7. The summed E-state index contributed by atoms with van der Waals surface area (Å²) in [5.74, 6) is 0. The van der Waals surface area contributed by atoms with Gasteiger partial charge in [-0.25, -0.2) is 0 Å². The normalized spacial score (nSPS) is 7.29. The molecule has 0 saturated carbocycles. The lowest BCUT2D eigenvalue weighted by molar-refractivity contribution is -0.123. The van der Waals surface area contributed by atoms with E-state index in [4.69, 9.17) is 19.8 Å². The third kappa shape index (κ3) is 70.9. The Morgan fingerprint density at radius 2 is 1.14 bits per heavy atom. The van der Waals surface area contributed by atoms with Gasteiger partial charge in [-0.3, -0.25) is 9.59 Å². The summed E-state index contributed by atoms with van der Waals surface area (Å²) in [6.07, 6.45) is 0. The van der Waals surface area contributed by atoms with Gasteiger partial charge in [0.05, 0.1) is 0 Å². The Hall–Kier alpha value is -1.14. The maximum Gasteiger partial charge on any atom is 0.290 e. The number of carboxylic acid groups (broad SMARTS) is 2. The standard InChI is InChI=1S/C6H16N2.2CH2O2/c1-3-7-5-6-8-4-2;2*2-1-3/h7-8H,3-6H2,1-2H3;2*1H,(H,2,3). The van der Waals surface area contributed by atoms with Crippen LogP contribution < -0.4 is 10.6 Å². The molecule has 0 fully saturated rings. The largest absolute Gasteiger partial charge is 0.483 e. The van der Waals surface area contributed by atoms with Crippen LogP contribution in [0.15, 0.2) is 0 Å². The third-order valence-corrected chi connectivity index (χ3v) is 0.979. The summed E-state index contributed by atoms with van der Waals surface area (Å²) in [6.45, 7) is 8.06. The number of hydrogen-bond donors (Lipinski definition) is 4. The molecule has 0 aliphatic heterocycles. The van der Waals surface area contributed by atoms with E-state index in [1.165, 1.54) is 0 Å². The number of nitrogens with one attached hydrogen (secondary N) is 2. The Kier molecular flexibility index (Phi) is 39.5. The lowest BCUT2D eigenvalue weighted by atomic mass is 10.6. The van der Waals surface area contributed by atoms with E-state index in [1.54, 1.807) is 0 Å². The molecule has 0 aliphatic rings. The van der Waals surface area contributed by atoms with Crippen molar-refractivity contribution >= 4 is 12.9 Å². The molecule has 0 amide bonds. The maximum absolute atomic E-state index is 8.36. The molecule has 0 aliphatic carbocycles. The van der Waals surface area contributed by atoms with Crippen LogP contribution in [0.25, 0.3) is 0 Å². The number of carbonyl (C=O) groups is 2. The molecule has 0 spiro atoms. The second-order valence-corrected chi connectivity index (χ2v) is 1.92. The molecule has 0 bridgehead atoms. The van der Waals surface area contributed by atoms with Crippen LogP contribution in [-0.4, -0.2) is 49.3 Å². The first-order valence-electron chi connectivity index (χ1n) is 4.32. The van der Waals surface area contributed by atoms with E-state index >= 15 is 0 Å². The lowest BCUT2D eigenvalue weighted by Gasteiger charge is -1.99. The molecule has 0 aromatic heterocycles. The van der Waals surface area contributed by atoms with E-state index in [1.807, 2.05) is 0 Å².